The van der Waals surface area contributed by atoms with E-state index in [0.29, 0.717) is 5.56 Å². The van der Waals surface area contributed by atoms with Crippen LogP contribution in [0.4, 0.5) is 23.2 Å². The molecule has 0 amide bonds. The smallest absolute Gasteiger partial charge is 0.380 e. The van der Waals surface area contributed by atoms with Crippen molar-refractivity contribution < 1.29 is 17.6 Å². The van der Waals surface area contributed by atoms with Gasteiger partial charge in [0.05, 0.1) is 17.2 Å². The van der Waals surface area contributed by atoms with E-state index < -0.39 is 17.6 Å². The van der Waals surface area contributed by atoms with E-state index >= 15 is 0 Å². The quantitative estimate of drug-likeness (QED) is 0.855. The van der Waals surface area contributed by atoms with Gasteiger partial charge in [0.25, 0.3) is 0 Å². The molecule has 0 saturated carbocycles. The van der Waals surface area contributed by atoms with Gasteiger partial charge in [-0.15, -0.1) is 0 Å². The van der Waals surface area contributed by atoms with Crippen LogP contribution < -0.4 is 5.32 Å². The molecule has 0 unspecified atom stereocenters. The van der Waals surface area contributed by atoms with Gasteiger partial charge < -0.3 is 5.32 Å². The molecule has 0 aliphatic rings. The van der Waals surface area contributed by atoms with Crippen LogP contribution in [0.15, 0.2) is 42.5 Å². The summed E-state index contributed by atoms with van der Waals surface area (Å²) in [7, 11) is 0. The second kappa shape index (κ2) is 5.83. The topological polar surface area (TPSA) is 35.8 Å². The fourth-order valence-electron chi connectivity index (χ4n) is 1.90. The highest BCUT2D eigenvalue weighted by atomic mass is 19.4. The number of para-hydroxylation sites is 1. The number of nitrogens with zero attached hydrogens (tertiary/aromatic N) is 1. The van der Waals surface area contributed by atoms with Gasteiger partial charge in [-0.2, -0.15) is 18.4 Å². The Kier molecular flexibility index (Phi) is 4.13. The molecule has 0 saturated heterocycles. The number of halogens is 4. The van der Waals surface area contributed by atoms with Gasteiger partial charge in [0.2, 0.25) is 0 Å². The van der Waals surface area contributed by atoms with Crippen molar-refractivity contribution in [3.63, 3.8) is 0 Å². The summed E-state index contributed by atoms with van der Waals surface area (Å²) in [5.41, 5.74) is -0.367. The van der Waals surface area contributed by atoms with Gasteiger partial charge in [0.1, 0.15) is 5.82 Å². The lowest BCUT2D eigenvalue weighted by atomic mass is 10.1. The van der Waals surface area contributed by atoms with Crippen LogP contribution in [0.2, 0.25) is 0 Å². The zero-order valence-electron chi connectivity index (χ0n) is 10.7. The van der Waals surface area contributed by atoms with Gasteiger partial charge in [-0.05, 0) is 35.9 Å². The summed E-state index contributed by atoms with van der Waals surface area (Å²) >= 11 is 0. The van der Waals surface area contributed by atoms with Crippen molar-refractivity contribution in [2.75, 3.05) is 5.32 Å². The first kappa shape index (κ1) is 14.9. The average Bonchev–Trinajstić information content (AvgIpc) is 2.44. The van der Waals surface area contributed by atoms with Gasteiger partial charge in [-0.3, -0.25) is 0 Å². The third-order valence-electron chi connectivity index (χ3n) is 2.80. The lowest BCUT2D eigenvalue weighted by Crippen LogP contribution is -2.10. The Hall–Kier alpha value is -2.55. The molecule has 0 atom stereocenters. The van der Waals surface area contributed by atoms with Crippen LogP contribution in [0.3, 0.4) is 0 Å². The maximum atomic E-state index is 13.3. The lowest BCUT2D eigenvalue weighted by Gasteiger charge is -2.14. The van der Waals surface area contributed by atoms with Gasteiger partial charge in [0.15, 0.2) is 0 Å². The van der Waals surface area contributed by atoms with E-state index in [9.17, 15) is 17.6 Å². The molecule has 2 aromatic carbocycles. The van der Waals surface area contributed by atoms with E-state index in [1.54, 1.807) is 6.07 Å². The Balaban J connectivity index is 2.22. The van der Waals surface area contributed by atoms with Crippen molar-refractivity contribution in [3.8, 4) is 6.07 Å². The maximum absolute atomic E-state index is 13.3. The summed E-state index contributed by atoms with van der Waals surface area (Å²) in [5.74, 6) is -0.602. The van der Waals surface area contributed by atoms with Gasteiger partial charge in [-0.25, -0.2) is 4.39 Å². The van der Waals surface area contributed by atoms with Crippen molar-refractivity contribution in [1.82, 2.24) is 0 Å². The zero-order valence-corrected chi connectivity index (χ0v) is 10.7. The molecule has 6 heteroatoms. The number of rotatable bonds is 3. The normalized spacial score (nSPS) is 11.0. The summed E-state index contributed by atoms with van der Waals surface area (Å²) < 4.78 is 51.7. The highest BCUT2D eigenvalue weighted by Crippen LogP contribution is 2.34. The fourth-order valence-corrected chi connectivity index (χ4v) is 1.90. The summed E-state index contributed by atoms with van der Waals surface area (Å²) in [6.45, 7) is -0.0144. The van der Waals surface area contributed by atoms with Crippen molar-refractivity contribution >= 4 is 5.69 Å². The molecule has 0 radical (unpaired) electrons. The number of hydrogen-bond acceptors (Lipinski definition) is 2. The van der Waals surface area contributed by atoms with Crippen molar-refractivity contribution in [2.24, 2.45) is 0 Å². The maximum Gasteiger partial charge on any atom is 0.418 e. The van der Waals surface area contributed by atoms with E-state index in [0.717, 1.165) is 12.1 Å². The second-order valence-corrected chi connectivity index (χ2v) is 4.36. The molecule has 0 aromatic heterocycles. The molecule has 0 fully saturated rings. The predicted molar refractivity (Wildman–Crippen MR) is 69.9 cm³/mol. The average molecular weight is 294 g/mol. The Morgan fingerprint density at radius 1 is 1.10 bits per heavy atom. The largest absolute Gasteiger partial charge is 0.418 e. The number of hydrogen-bond donors (Lipinski definition) is 1. The van der Waals surface area contributed by atoms with Crippen LogP contribution in [0.25, 0.3) is 0 Å². The summed E-state index contributed by atoms with van der Waals surface area (Å²) in [6, 6.07) is 10.5. The summed E-state index contributed by atoms with van der Waals surface area (Å²) in [5, 5.41) is 11.4. The molecule has 108 valence electrons. The first-order valence-corrected chi connectivity index (χ1v) is 6.00. The van der Waals surface area contributed by atoms with Crippen LogP contribution in [-0.4, -0.2) is 0 Å². The number of benzene rings is 2. The van der Waals surface area contributed by atoms with Gasteiger partial charge in [-0.1, -0.05) is 12.1 Å². The van der Waals surface area contributed by atoms with Crippen LogP contribution in [0.5, 0.6) is 0 Å². The molecule has 0 spiro atoms. The SMILES string of the molecule is N#Cc1cc(F)cc(CNc2ccccc2C(F)(F)F)c1. The van der Waals surface area contributed by atoms with E-state index in [2.05, 4.69) is 5.32 Å². The number of anilines is 1. The van der Waals surface area contributed by atoms with Crippen LogP contribution in [-0.2, 0) is 12.7 Å². The van der Waals surface area contributed by atoms with Crippen molar-refractivity contribution in [2.45, 2.75) is 12.7 Å². The third kappa shape index (κ3) is 3.72. The Labute approximate surface area is 118 Å². The number of nitriles is 1. The Morgan fingerprint density at radius 2 is 1.81 bits per heavy atom. The molecule has 0 bridgehead atoms. The van der Waals surface area contributed by atoms with Gasteiger partial charge >= 0.3 is 6.18 Å². The fraction of sp³-hybridized carbons (Fsp3) is 0.133. The molecular formula is C15H10F4N2. The van der Waals surface area contributed by atoms with Gasteiger partial charge in [0, 0.05) is 12.2 Å². The van der Waals surface area contributed by atoms with Crippen LogP contribution in [0, 0.1) is 17.1 Å². The summed E-state index contributed by atoms with van der Waals surface area (Å²) in [4.78, 5) is 0. The monoisotopic (exact) mass is 294 g/mol. The molecular weight excluding hydrogens is 284 g/mol. The third-order valence-corrected chi connectivity index (χ3v) is 2.80. The molecule has 0 aliphatic carbocycles. The minimum Gasteiger partial charge on any atom is -0.380 e. The lowest BCUT2D eigenvalue weighted by molar-refractivity contribution is -0.136. The van der Waals surface area contributed by atoms with E-state index in [1.165, 1.54) is 30.3 Å². The van der Waals surface area contributed by atoms with Crippen LogP contribution in [0.1, 0.15) is 16.7 Å². The highest BCUT2D eigenvalue weighted by Gasteiger charge is 2.32. The van der Waals surface area contributed by atoms with Crippen molar-refractivity contribution in [1.29, 1.82) is 5.26 Å². The highest BCUT2D eigenvalue weighted by molar-refractivity contribution is 5.53. The zero-order chi connectivity index (χ0) is 15.5. The van der Waals surface area contributed by atoms with E-state index in [1.807, 2.05) is 0 Å². The first-order chi connectivity index (χ1) is 9.90. The first-order valence-electron chi connectivity index (χ1n) is 6.00. The molecule has 2 rings (SSSR count). The number of nitrogens with one attached hydrogen (secondary N) is 1. The molecule has 2 nitrogen and oxygen atoms in total. The molecule has 1 N–H and O–H groups in total. The minimum absolute atomic E-state index is 0.0144. The van der Waals surface area contributed by atoms with E-state index in [4.69, 9.17) is 5.26 Å². The Morgan fingerprint density at radius 3 is 2.48 bits per heavy atom. The molecule has 21 heavy (non-hydrogen) atoms. The predicted octanol–water partition coefficient (Wildman–Crippen LogP) is 4.33. The van der Waals surface area contributed by atoms with Crippen molar-refractivity contribution in [3.05, 3.63) is 65.0 Å². The Bertz CT molecular complexity index is 687. The molecule has 0 heterocycles. The molecule has 0 aliphatic heterocycles. The molecule has 2 aromatic rings. The van der Waals surface area contributed by atoms with E-state index in [-0.39, 0.29) is 17.8 Å². The summed E-state index contributed by atoms with van der Waals surface area (Å²) in [6.07, 6.45) is -4.47. The van der Waals surface area contributed by atoms with Crippen LogP contribution >= 0.6 is 0 Å². The number of alkyl halides is 3. The standard InChI is InChI=1S/C15H10F4N2/c16-12-6-10(8-20)5-11(7-12)9-21-14-4-2-1-3-13(14)15(17,18)19/h1-7,21H,9H2. The second-order valence-electron chi connectivity index (χ2n) is 4.36. The minimum atomic E-state index is -4.47.